The first kappa shape index (κ1) is 26.1. The van der Waals surface area contributed by atoms with Crippen molar-refractivity contribution in [2.45, 2.75) is 36.1 Å². The van der Waals surface area contributed by atoms with E-state index in [2.05, 4.69) is 4.99 Å². The maximum absolute atomic E-state index is 13.5. The van der Waals surface area contributed by atoms with E-state index < -0.39 is 22.0 Å². The summed E-state index contributed by atoms with van der Waals surface area (Å²) in [5.41, 5.74) is 0.738. The van der Waals surface area contributed by atoms with Crippen LogP contribution in [0.5, 0.6) is 11.5 Å². The Hall–Kier alpha value is -1.96. The Morgan fingerprint density at radius 2 is 1.86 bits per heavy atom. The van der Waals surface area contributed by atoms with Gasteiger partial charge in [-0.2, -0.15) is 9.30 Å². The van der Waals surface area contributed by atoms with Crippen molar-refractivity contribution in [3.63, 3.8) is 0 Å². The largest absolute Gasteiger partial charge is 0.495 e. The number of thiazole rings is 1. The van der Waals surface area contributed by atoms with Gasteiger partial charge in [-0.05, 0) is 37.1 Å². The zero-order chi connectivity index (χ0) is 25.2. The van der Waals surface area contributed by atoms with E-state index in [1.807, 2.05) is 4.57 Å². The number of methoxy groups -OCH3 is 3. The molecule has 190 valence electrons. The van der Waals surface area contributed by atoms with Crippen molar-refractivity contribution in [1.29, 1.82) is 0 Å². The number of amides is 1. The Labute approximate surface area is 216 Å². The predicted molar refractivity (Wildman–Crippen MR) is 136 cm³/mol. The normalized spacial score (nSPS) is 17.7. The lowest BCUT2D eigenvalue weighted by atomic mass is 10.0. The third-order valence-corrected chi connectivity index (χ3v) is 10.5. The SMILES string of the molecule is COCCn1c(=NC(=O)C2CCCCN2S(=O)(=O)c2ccc(Cl)s2)sc2c(OC)ccc(OC)c21. The number of piperidine rings is 1. The second-order valence-corrected chi connectivity index (χ2v) is 12.6. The number of hydrogen-bond acceptors (Lipinski definition) is 8. The van der Waals surface area contributed by atoms with Gasteiger partial charge in [0, 0.05) is 20.2 Å². The van der Waals surface area contributed by atoms with Gasteiger partial charge in [-0.25, -0.2) is 8.42 Å². The van der Waals surface area contributed by atoms with Crippen molar-refractivity contribution in [3.8, 4) is 11.5 Å². The van der Waals surface area contributed by atoms with Crippen molar-refractivity contribution in [2.75, 3.05) is 34.5 Å². The number of halogens is 1. The number of benzene rings is 1. The lowest BCUT2D eigenvalue weighted by Crippen LogP contribution is -2.47. The van der Waals surface area contributed by atoms with Crippen molar-refractivity contribution in [1.82, 2.24) is 8.87 Å². The highest BCUT2D eigenvalue weighted by atomic mass is 35.5. The smallest absolute Gasteiger partial charge is 0.266 e. The van der Waals surface area contributed by atoms with E-state index in [0.29, 0.717) is 46.6 Å². The molecule has 1 aromatic carbocycles. The highest BCUT2D eigenvalue weighted by molar-refractivity contribution is 7.91. The zero-order valence-electron chi connectivity index (χ0n) is 19.5. The van der Waals surface area contributed by atoms with E-state index in [1.165, 1.54) is 21.7 Å². The first-order valence-corrected chi connectivity index (χ1v) is 14.4. The fourth-order valence-corrected chi connectivity index (χ4v) is 8.52. The Morgan fingerprint density at radius 1 is 1.11 bits per heavy atom. The van der Waals surface area contributed by atoms with Gasteiger partial charge in [0.1, 0.15) is 32.0 Å². The number of rotatable bonds is 8. The molecule has 13 heteroatoms. The topological polar surface area (TPSA) is 99.4 Å². The fraction of sp³-hybridized carbons (Fsp3) is 0.455. The average Bonchev–Trinajstić information content (AvgIpc) is 3.46. The molecule has 1 aliphatic rings. The van der Waals surface area contributed by atoms with Crippen LogP contribution in [-0.4, -0.2) is 63.7 Å². The minimum absolute atomic E-state index is 0.119. The molecule has 1 fully saturated rings. The van der Waals surface area contributed by atoms with Crippen molar-refractivity contribution in [3.05, 3.63) is 33.4 Å². The second-order valence-electron chi connectivity index (χ2n) is 7.81. The van der Waals surface area contributed by atoms with Crippen molar-refractivity contribution in [2.24, 2.45) is 4.99 Å². The molecule has 0 N–H and O–H groups in total. The number of ether oxygens (including phenoxy) is 3. The number of hydrogen-bond donors (Lipinski definition) is 0. The summed E-state index contributed by atoms with van der Waals surface area (Å²) in [6.07, 6.45) is 1.81. The van der Waals surface area contributed by atoms with Crippen LogP contribution in [0.25, 0.3) is 10.2 Å². The Bertz CT molecular complexity index is 1400. The summed E-state index contributed by atoms with van der Waals surface area (Å²) in [4.78, 5) is 18.3. The highest BCUT2D eigenvalue weighted by Crippen LogP contribution is 2.35. The standard InChI is InChI=1S/C22H26ClN3O6S3/c1-30-13-12-25-19-15(31-2)7-8-16(32-3)20(19)34-22(25)24-21(27)14-6-4-5-11-26(14)35(28,29)18-10-9-17(23)33-18/h7-10,14H,4-6,11-13H2,1-3H3. The molecular formula is C22H26ClN3O6S3. The minimum atomic E-state index is -3.87. The summed E-state index contributed by atoms with van der Waals surface area (Å²) in [6.45, 7) is 1.06. The van der Waals surface area contributed by atoms with Crippen LogP contribution in [0.2, 0.25) is 4.34 Å². The average molecular weight is 560 g/mol. The van der Waals surface area contributed by atoms with Gasteiger partial charge in [0.15, 0.2) is 4.80 Å². The molecular weight excluding hydrogens is 534 g/mol. The summed E-state index contributed by atoms with van der Waals surface area (Å²) in [5.74, 6) is 0.729. The van der Waals surface area contributed by atoms with E-state index in [-0.39, 0.29) is 10.8 Å². The Balaban J connectivity index is 1.81. The summed E-state index contributed by atoms with van der Waals surface area (Å²) in [6, 6.07) is 5.72. The van der Waals surface area contributed by atoms with Crippen LogP contribution >= 0.6 is 34.3 Å². The van der Waals surface area contributed by atoms with Gasteiger partial charge in [-0.1, -0.05) is 29.4 Å². The first-order valence-electron chi connectivity index (χ1n) is 10.9. The van der Waals surface area contributed by atoms with Crippen molar-refractivity contribution < 1.29 is 27.4 Å². The van der Waals surface area contributed by atoms with Crippen LogP contribution in [0.1, 0.15) is 19.3 Å². The van der Waals surface area contributed by atoms with Crippen LogP contribution < -0.4 is 14.3 Å². The summed E-state index contributed by atoms with van der Waals surface area (Å²) >= 11 is 8.24. The predicted octanol–water partition coefficient (Wildman–Crippen LogP) is 3.75. The van der Waals surface area contributed by atoms with Crippen LogP contribution in [0.4, 0.5) is 0 Å². The van der Waals surface area contributed by atoms with Gasteiger partial charge < -0.3 is 18.8 Å². The molecule has 1 unspecified atom stereocenters. The third kappa shape index (κ3) is 5.13. The lowest BCUT2D eigenvalue weighted by molar-refractivity contribution is -0.122. The van der Waals surface area contributed by atoms with E-state index >= 15 is 0 Å². The molecule has 2 aromatic heterocycles. The molecule has 0 saturated carbocycles. The molecule has 0 aliphatic carbocycles. The monoisotopic (exact) mass is 559 g/mol. The molecule has 0 bridgehead atoms. The van der Waals surface area contributed by atoms with Gasteiger partial charge in [0.2, 0.25) is 0 Å². The molecule has 1 aliphatic heterocycles. The molecule has 0 spiro atoms. The van der Waals surface area contributed by atoms with Gasteiger partial charge in [0.05, 0.1) is 25.2 Å². The number of aromatic nitrogens is 1. The number of carbonyl (C=O) groups excluding carboxylic acids is 1. The number of sulfonamides is 1. The van der Waals surface area contributed by atoms with Crippen LogP contribution in [-0.2, 0) is 26.1 Å². The molecule has 3 heterocycles. The van der Waals surface area contributed by atoms with Crippen LogP contribution in [0.3, 0.4) is 0 Å². The minimum Gasteiger partial charge on any atom is -0.495 e. The number of fused-ring (bicyclic) bond motifs is 1. The van der Waals surface area contributed by atoms with E-state index in [0.717, 1.165) is 28.0 Å². The molecule has 3 aromatic rings. The molecule has 0 radical (unpaired) electrons. The zero-order valence-corrected chi connectivity index (χ0v) is 22.7. The van der Waals surface area contributed by atoms with Crippen molar-refractivity contribution >= 4 is 60.4 Å². The molecule has 35 heavy (non-hydrogen) atoms. The first-order chi connectivity index (χ1) is 16.8. The number of carbonyl (C=O) groups is 1. The summed E-state index contributed by atoms with van der Waals surface area (Å²) in [5, 5.41) is 0. The molecule has 1 atom stereocenters. The van der Waals surface area contributed by atoms with E-state index in [9.17, 15) is 13.2 Å². The summed E-state index contributed by atoms with van der Waals surface area (Å²) in [7, 11) is 0.865. The molecule has 1 amide bonds. The molecule has 9 nitrogen and oxygen atoms in total. The maximum atomic E-state index is 13.5. The van der Waals surface area contributed by atoms with Crippen LogP contribution in [0, 0.1) is 0 Å². The van der Waals surface area contributed by atoms with Gasteiger partial charge in [-0.3, -0.25) is 4.79 Å². The number of thiophene rings is 1. The number of nitrogens with zero attached hydrogens (tertiary/aromatic N) is 3. The molecule has 1 saturated heterocycles. The van der Waals surface area contributed by atoms with Gasteiger partial charge >= 0.3 is 0 Å². The Morgan fingerprint density at radius 3 is 2.51 bits per heavy atom. The quantitative estimate of drug-likeness (QED) is 0.417. The van der Waals surface area contributed by atoms with E-state index in [4.69, 9.17) is 25.8 Å². The second kappa shape index (κ2) is 11.0. The highest BCUT2D eigenvalue weighted by Gasteiger charge is 2.38. The maximum Gasteiger partial charge on any atom is 0.266 e. The summed E-state index contributed by atoms with van der Waals surface area (Å²) < 4.78 is 47.4. The fourth-order valence-electron chi connectivity index (χ4n) is 4.09. The Kier molecular flexibility index (Phi) is 8.19. The third-order valence-electron chi connectivity index (χ3n) is 5.77. The van der Waals surface area contributed by atoms with Gasteiger partial charge in [0.25, 0.3) is 15.9 Å². The lowest BCUT2D eigenvalue weighted by Gasteiger charge is -2.31. The molecule has 4 rings (SSSR count). The van der Waals surface area contributed by atoms with E-state index in [1.54, 1.807) is 39.5 Å². The van der Waals surface area contributed by atoms with Crippen LogP contribution in [0.15, 0.2) is 33.5 Å². The van der Waals surface area contributed by atoms with Gasteiger partial charge in [-0.15, -0.1) is 11.3 Å².